The van der Waals surface area contributed by atoms with Gasteiger partial charge in [-0.25, -0.2) is 0 Å². The molecule has 0 radical (unpaired) electrons. The summed E-state index contributed by atoms with van der Waals surface area (Å²) in [6, 6.07) is 8.05. The fraction of sp³-hybridized carbons (Fsp3) is 0.357. The molecule has 0 unspecified atom stereocenters. The van der Waals surface area contributed by atoms with Crippen molar-refractivity contribution in [3.8, 4) is 17.0 Å². The number of ether oxygens (including phenoxy) is 1. The van der Waals surface area contributed by atoms with Gasteiger partial charge in [0.15, 0.2) is 0 Å². The van der Waals surface area contributed by atoms with Crippen LogP contribution in [-0.2, 0) is 0 Å². The average Bonchev–Trinajstić information content (AvgIpc) is 2.98. The summed E-state index contributed by atoms with van der Waals surface area (Å²) in [6.07, 6.45) is 1.91. The number of hydrogen-bond acceptors (Lipinski definition) is 4. The monoisotopic (exact) mass is 258 g/mol. The molecule has 0 amide bonds. The lowest BCUT2D eigenvalue weighted by Gasteiger charge is -2.29. The van der Waals surface area contributed by atoms with Gasteiger partial charge in [0.05, 0.1) is 24.7 Å². The number of benzene rings is 1. The molecule has 1 aromatic carbocycles. The van der Waals surface area contributed by atoms with E-state index in [-0.39, 0.29) is 0 Å². The van der Waals surface area contributed by atoms with Crippen molar-refractivity contribution in [3.05, 3.63) is 30.5 Å². The largest absolute Gasteiger partial charge is 0.497 e. The van der Waals surface area contributed by atoms with E-state index in [4.69, 9.17) is 4.74 Å². The van der Waals surface area contributed by atoms with Crippen molar-refractivity contribution >= 4 is 5.69 Å². The van der Waals surface area contributed by atoms with Gasteiger partial charge in [-0.05, 0) is 24.3 Å². The van der Waals surface area contributed by atoms with E-state index in [0.717, 1.165) is 43.2 Å². The van der Waals surface area contributed by atoms with Gasteiger partial charge in [0.1, 0.15) is 5.75 Å². The van der Waals surface area contributed by atoms with E-state index >= 15 is 0 Å². The Morgan fingerprint density at radius 3 is 2.58 bits per heavy atom. The van der Waals surface area contributed by atoms with E-state index < -0.39 is 0 Å². The second-order valence-corrected chi connectivity index (χ2v) is 4.60. The number of anilines is 1. The lowest BCUT2D eigenvalue weighted by atomic mass is 10.1. The van der Waals surface area contributed by atoms with Crippen LogP contribution >= 0.6 is 0 Å². The highest BCUT2D eigenvalue weighted by atomic mass is 16.5. The molecular weight excluding hydrogens is 240 g/mol. The number of H-pyrrole nitrogens is 1. The van der Waals surface area contributed by atoms with Crippen LogP contribution in [0.4, 0.5) is 5.69 Å². The Kier molecular flexibility index (Phi) is 3.37. The molecule has 1 saturated heterocycles. The molecule has 5 nitrogen and oxygen atoms in total. The zero-order chi connectivity index (χ0) is 13.1. The summed E-state index contributed by atoms with van der Waals surface area (Å²) < 4.78 is 5.19. The van der Waals surface area contributed by atoms with Gasteiger partial charge in [0.2, 0.25) is 0 Å². The number of nitrogens with zero attached hydrogens (tertiary/aromatic N) is 2. The quantitative estimate of drug-likeness (QED) is 0.876. The highest BCUT2D eigenvalue weighted by Crippen LogP contribution is 2.29. The third-order valence-electron chi connectivity index (χ3n) is 3.46. The molecule has 2 heterocycles. The molecule has 0 bridgehead atoms. The molecular formula is C14H18N4O. The van der Waals surface area contributed by atoms with Crippen LogP contribution in [0.15, 0.2) is 30.5 Å². The van der Waals surface area contributed by atoms with Crippen LogP contribution in [0, 0.1) is 0 Å². The summed E-state index contributed by atoms with van der Waals surface area (Å²) in [5, 5.41) is 10.7. The number of aromatic nitrogens is 2. The standard InChI is InChI=1S/C14H18N4O/c1-19-12-4-2-11(3-5-12)14-13(10-16-17-14)18-8-6-15-7-9-18/h2-5,10,15H,6-9H2,1H3,(H,16,17). The first-order valence-electron chi connectivity index (χ1n) is 6.52. The van der Waals surface area contributed by atoms with E-state index in [1.54, 1.807) is 7.11 Å². The maximum atomic E-state index is 5.19. The number of piperazine rings is 1. The number of aromatic amines is 1. The van der Waals surface area contributed by atoms with Crippen molar-refractivity contribution in [2.75, 3.05) is 38.2 Å². The number of nitrogens with one attached hydrogen (secondary N) is 2. The molecule has 0 aliphatic carbocycles. The van der Waals surface area contributed by atoms with Crippen molar-refractivity contribution in [3.63, 3.8) is 0 Å². The van der Waals surface area contributed by atoms with E-state index in [1.165, 1.54) is 5.69 Å². The van der Waals surface area contributed by atoms with Gasteiger partial charge >= 0.3 is 0 Å². The molecule has 1 aromatic heterocycles. The van der Waals surface area contributed by atoms with Gasteiger partial charge in [-0.3, -0.25) is 5.10 Å². The van der Waals surface area contributed by atoms with Gasteiger partial charge in [0, 0.05) is 31.7 Å². The number of rotatable bonds is 3. The van der Waals surface area contributed by atoms with Crippen LogP contribution in [0.3, 0.4) is 0 Å². The Bertz CT molecular complexity index is 529. The smallest absolute Gasteiger partial charge is 0.118 e. The van der Waals surface area contributed by atoms with Gasteiger partial charge in [-0.15, -0.1) is 0 Å². The summed E-state index contributed by atoms with van der Waals surface area (Å²) in [5.41, 5.74) is 3.38. The predicted octanol–water partition coefficient (Wildman–Crippen LogP) is 1.49. The fourth-order valence-electron chi connectivity index (χ4n) is 2.40. The fourth-order valence-corrected chi connectivity index (χ4v) is 2.40. The molecule has 5 heteroatoms. The first-order valence-corrected chi connectivity index (χ1v) is 6.52. The van der Waals surface area contributed by atoms with Gasteiger partial charge in [-0.1, -0.05) is 0 Å². The first kappa shape index (κ1) is 12.0. The van der Waals surface area contributed by atoms with Gasteiger partial charge < -0.3 is 15.0 Å². The van der Waals surface area contributed by atoms with Crippen LogP contribution in [-0.4, -0.2) is 43.5 Å². The first-order chi connectivity index (χ1) is 9.38. The van der Waals surface area contributed by atoms with E-state index in [0.29, 0.717) is 0 Å². The zero-order valence-electron chi connectivity index (χ0n) is 11.0. The van der Waals surface area contributed by atoms with E-state index in [2.05, 4.69) is 32.5 Å². The minimum atomic E-state index is 0.868. The zero-order valence-corrected chi connectivity index (χ0v) is 11.0. The van der Waals surface area contributed by atoms with E-state index in [1.807, 2.05) is 18.3 Å². The van der Waals surface area contributed by atoms with Crippen LogP contribution in [0.5, 0.6) is 5.75 Å². The number of hydrogen-bond donors (Lipinski definition) is 2. The maximum absolute atomic E-state index is 5.19. The lowest BCUT2D eigenvalue weighted by Crippen LogP contribution is -2.43. The summed E-state index contributed by atoms with van der Waals surface area (Å²) >= 11 is 0. The Morgan fingerprint density at radius 1 is 1.16 bits per heavy atom. The van der Waals surface area contributed by atoms with Crippen molar-refractivity contribution in [2.45, 2.75) is 0 Å². The minimum absolute atomic E-state index is 0.868. The molecule has 0 saturated carbocycles. The highest BCUT2D eigenvalue weighted by molar-refractivity contribution is 5.75. The molecule has 2 N–H and O–H groups in total. The molecule has 1 fully saturated rings. The summed E-state index contributed by atoms with van der Waals surface area (Å²) in [4.78, 5) is 2.36. The third kappa shape index (κ3) is 2.42. The Labute approximate surface area is 112 Å². The number of methoxy groups -OCH3 is 1. The van der Waals surface area contributed by atoms with Crippen LogP contribution in [0.1, 0.15) is 0 Å². The molecule has 3 rings (SSSR count). The normalized spacial score (nSPS) is 15.5. The Balaban J connectivity index is 1.89. The Hall–Kier alpha value is -2.01. The third-order valence-corrected chi connectivity index (χ3v) is 3.46. The van der Waals surface area contributed by atoms with Gasteiger partial charge in [-0.2, -0.15) is 5.10 Å². The van der Waals surface area contributed by atoms with Crippen LogP contribution < -0.4 is 15.0 Å². The molecule has 19 heavy (non-hydrogen) atoms. The average molecular weight is 258 g/mol. The predicted molar refractivity (Wildman–Crippen MR) is 75.7 cm³/mol. The maximum Gasteiger partial charge on any atom is 0.118 e. The second-order valence-electron chi connectivity index (χ2n) is 4.60. The molecule has 0 atom stereocenters. The van der Waals surface area contributed by atoms with Crippen molar-refractivity contribution < 1.29 is 4.74 Å². The van der Waals surface area contributed by atoms with Gasteiger partial charge in [0.25, 0.3) is 0 Å². The van der Waals surface area contributed by atoms with Crippen LogP contribution in [0.2, 0.25) is 0 Å². The highest BCUT2D eigenvalue weighted by Gasteiger charge is 2.16. The van der Waals surface area contributed by atoms with Crippen molar-refractivity contribution in [1.82, 2.24) is 15.5 Å². The summed E-state index contributed by atoms with van der Waals surface area (Å²) in [7, 11) is 1.68. The molecule has 0 spiro atoms. The lowest BCUT2D eigenvalue weighted by molar-refractivity contribution is 0.415. The molecule has 1 aliphatic rings. The Morgan fingerprint density at radius 2 is 1.89 bits per heavy atom. The molecule has 2 aromatic rings. The summed E-state index contributed by atoms with van der Waals surface area (Å²) in [5.74, 6) is 0.868. The molecule has 1 aliphatic heterocycles. The molecule has 100 valence electrons. The summed E-state index contributed by atoms with van der Waals surface area (Å²) in [6.45, 7) is 4.08. The SMILES string of the molecule is COc1ccc(-c2[nH]ncc2N2CCNCC2)cc1. The van der Waals surface area contributed by atoms with Crippen molar-refractivity contribution in [1.29, 1.82) is 0 Å². The van der Waals surface area contributed by atoms with Crippen molar-refractivity contribution in [2.24, 2.45) is 0 Å². The second kappa shape index (κ2) is 5.32. The van der Waals surface area contributed by atoms with E-state index in [9.17, 15) is 0 Å². The topological polar surface area (TPSA) is 53.2 Å². The minimum Gasteiger partial charge on any atom is -0.497 e. The van der Waals surface area contributed by atoms with Crippen LogP contribution in [0.25, 0.3) is 11.3 Å².